The standard InChI is InChI=1S/C18H30N4O4.C4H9N.3C2H6.C2H5.CH3.2Sn/c1-6-13(17(25)19-5)22-18(26)14(21-16(24)8-3)11-12(4)9-10-20-15(23)7-2;1-3-4-5-2;4*1-2;;;/h9,13-14H,2-3,6-8,10-11H2,1,4-5H3,(H,19,25)(H,20,23)(H,21,24)(H,22,26);3,5H,1,4H2,2H3;3*1-2H3;1H2,2H3;1H3;;. The van der Waals surface area contributed by atoms with Crippen LogP contribution in [0.3, 0.4) is 0 Å². The van der Waals surface area contributed by atoms with Crippen molar-refractivity contribution in [3.63, 3.8) is 0 Å². The Balaban J connectivity index is -0.000000359. The number of nitrogens with one attached hydrogen (secondary N) is 5. The van der Waals surface area contributed by atoms with Crippen LogP contribution >= 0.6 is 0 Å². The van der Waals surface area contributed by atoms with Gasteiger partial charge in [-0.2, -0.15) is 0 Å². The first-order chi connectivity index (χ1) is 20.2. The summed E-state index contributed by atoms with van der Waals surface area (Å²) in [5.74, 6) is -0.719. The van der Waals surface area contributed by atoms with Crippen molar-refractivity contribution < 1.29 is 19.2 Å². The zero-order chi connectivity index (χ0) is 33.8. The SMILES string of the molecule is C=CCNC.CC.CC.CC.C[CH2][Sn][CH2]CC(=O)NCC=C(C)CC(NC(=O)C[CH2][Sn][CH3])C(=O)NC(CC)C(=O)NC. The third-order valence-electron chi connectivity index (χ3n) is 4.94. The number of carbonyl (C=O) groups excluding carboxylic acids is 4. The van der Waals surface area contributed by atoms with Gasteiger partial charge in [-0.15, -0.1) is 6.58 Å². The molecule has 5 N–H and O–H groups in total. The zero-order valence-electron chi connectivity index (χ0n) is 29.0. The van der Waals surface area contributed by atoms with Gasteiger partial charge in [0, 0.05) is 6.54 Å². The minimum absolute atomic E-state index is 0.0574. The minimum atomic E-state index is -0.752. The Morgan fingerprint density at radius 3 is 1.81 bits per heavy atom. The Hall–Kier alpha value is -1.08. The molecule has 246 valence electrons. The number of amides is 4. The maximum atomic E-state index is 12.8. The summed E-state index contributed by atoms with van der Waals surface area (Å²) in [6.45, 7) is 22.7. The summed E-state index contributed by atoms with van der Waals surface area (Å²) in [7, 11) is 3.42. The monoisotopic (exact) mass is 811 g/mol. The molecule has 0 aromatic heterocycles. The van der Waals surface area contributed by atoms with Crippen LogP contribution < -0.4 is 26.6 Å². The van der Waals surface area contributed by atoms with Crippen LogP contribution in [0.5, 0.6) is 0 Å². The van der Waals surface area contributed by atoms with Gasteiger partial charge < -0.3 is 5.32 Å². The summed E-state index contributed by atoms with van der Waals surface area (Å²) in [6.07, 6.45) is 5.50. The predicted octanol–water partition coefficient (Wildman–Crippen LogP) is 4.55. The first-order valence-corrected chi connectivity index (χ1v) is 24.5. The molecule has 0 rings (SSSR count). The molecule has 0 bridgehead atoms. The van der Waals surface area contributed by atoms with Crippen molar-refractivity contribution in [3.8, 4) is 0 Å². The van der Waals surface area contributed by atoms with Gasteiger partial charge in [-0.1, -0.05) is 47.6 Å². The van der Waals surface area contributed by atoms with Gasteiger partial charge in [0.15, 0.2) is 0 Å². The van der Waals surface area contributed by atoms with E-state index in [-0.39, 0.29) is 44.8 Å². The van der Waals surface area contributed by atoms with E-state index in [1.807, 2.05) is 74.6 Å². The molecular weight excluding hydrogens is 744 g/mol. The Morgan fingerprint density at radius 1 is 0.810 bits per heavy atom. The number of hydrogen-bond acceptors (Lipinski definition) is 5. The average molecular weight is 809 g/mol. The molecule has 0 aromatic rings. The molecule has 42 heavy (non-hydrogen) atoms. The summed E-state index contributed by atoms with van der Waals surface area (Å²) in [5, 5.41) is 13.9. The molecule has 0 saturated heterocycles. The Morgan fingerprint density at radius 2 is 1.38 bits per heavy atom. The van der Waals surface area contributed by atoms with Crippen LogP contribution in [-0.4, -0.2) is 105 Å². The van der Waals surface area contributed by atoms with E-state index in [9.17, 15) is 19.2 Å². The average Bonchev–Trinajstić information content (AvgIpc) is 3.01. The molecular formula is C31H65N5O4Sn2. The predicted molar refractivity (Wildman–Crippen MR) is 184 cm³/mol. The van der Waals surface area contributed by atoms with Crippen molar-refractivity contribution in [1.29, 1.82) is 0 Å². The first kappa shape index (κ1) is 50.5. The Bertz CT molecular complexity index is 692. The van der Waals surface area contributed by atoms with Gasteiger partial charge in [0.2, 0.25) is 0 Å². The Kier molecular flexibility index (Phi) is 50.6. The third kappa shape index (κ3) is 35.1. The summed E-state index contributed by atoms with van der Waals surface area (Å²) in [6, 6.07) is -1.39. The topological polar surface area (TPSA) is 128 Å². The number of rotatable bonds is 18. The zero-order valence-corrected chi connectivity index (χ0v) is 34.7. The van der Waals surface area contributed by atoms with Gasteiger partial charge in [0.25, 0.3) is 0 Å². The van der Waals surface area contributed by atoms with Gasteiger partial charge >= 0.3 is 208 Å². The van der Waals surface area contributed by atoms with Crippen LogP contribution in [0.2, 0.25) is 18.2 Å². The molecule has 2 unspecified atom stereocenters. The summed E-state index contributed by atoms with van der Waals surface area (Å²) < 4.78 is 3.21. The van der Waals surface area contributed by atoms with Crippen molar-refractivity contribution >= 4 is 65.9 Å². The molecule has 0 heterocycles. The number of likely N-dealkylation sites (N-methyl/N-ethyl adjacent to an activating group) is 2. The first-order valence-electron chi connectivity index (χ1n) is 15.5. The molecule has 4 radical (unpaired) electrons. The maximum absolute atomic E-state index is 12.8. The van der Waals surface area contributed by atoms with Crippen LogP contribution in [-0.2, 0) is 19.2 Å². The van der Waals surface area contributed by atoms with Crippen LogP contribution in [0, 0.1) is 0 Å². The molecule has 0 aromatic carbocycles. The molecule has 2 atom stereocenters. The Labute approximate surface area is 279 Å². The summed E-state index contributed by atoms with van der Waals surface area (Å²) in [5.41, 5.74) is 0.894. The summed E-state index contributed by atoms with van der Waals surface area (Å²) >= 11 is -0.844. The van der Waals surface area contributed by atoms with Gasteiger partial charge in [-0.25, -0.2) is 0 Å². The van der Waals surface area contributed by atoms with E-state index >= 15 is 0 Å². The molecule has 0 fully saturated rings. The van der Waals surface area contributed by atoms with E-state index < -0.39 is 33.2 Å². The van der Waals surface area contributed by atoms with Gasteiger partial charge in [-0.3, -0.25) is 0 Å². The van der Waals surface area contributed by atoms with E-state index in [0.29, 0.717) is 32.2 Å². The van der Waals surface area contributed by atoms with Crippen LogP contribution in [0.4, 0.5) is 0 Å². The number of carbonyl (C=O) groups is 4. The van der Waals surface area contributed by atoms with E-state index in [0.717, 1.165) is 21.0 Å². The fourth-order valence-electron chi connectivity index (χ4n) is 2.87. The molecule has 0 aliphatic carbocycles. The second kappa shape index (κ2) is 42.1. The number of hydrogen-bond donors (Lipinski definition) is 5. The molecule has 11 heteroatoms. The quantitative estimate of drug-likeness (QED) is 0.0790. The van der Waals surface area contributed by atoms with Gasteiger partial charge in [0.05, 0.1) is 0 Å². The van der Waals surface area contributed by atoms with E-state index in [4.69, 9.17) is 0 Å². The molecule has 0 aliphatic heterocycles. The molecule has 0 saturated carbocycles. The van der Waals surface area contributed by atoms with Gasteiger partial charge in [0.1, 0.15) is 0 Å². The van der Waals surface area contributed by atoms with E-state index in [1.54, 1.807) is 0 Å². The van der Waals surface area contributed by atoms with E-state index in [1.165, 1.54) is 11.5 Å². The van der Waals surface area contributed by atoms with Gasteiger partial charge in [-0.05, 0) is 7.05 Å². The molecule has 0 spiro atoms. The van der Waals surface area contributed by atoms with Crippen LogP contribution in [0.1, 0.15) is 88.0 Å². The normalized spacial score (nSPS) is 11.0. The summed E-state index contributed by atoms with van der Waals surface area (Å²) in [4.78, 5) is 51.0. The second-order valence-corrected chi connectivity index (χ2v) is 16.4. The van der Waals surface area contributed by atoms with Crippen molar-refractivity contribution in [3.05, 3.63) is 24.3 Å². The van der Waals surface area contributed by atoms with Crippen LogP contribution in [0.25, 0.3) is 0 Å². The van der Waals surface area contributed by atoms with Crippen molar-refractivity contribution in [2.45, 2.75) is 118 Å². The van der Waals surface area contributed by atoms with Crippen molar-refractivity contribution in [1.82, 2.24) is 26.6 Å². The van der Waals surface area contributed by atoms with Crippen molar-refractivity contribution in [2.24, 2.45) is 0 Å². The fraction of sp³-hybridized carbons (Fsp3) is 0.742. The molecule has 4 amide bonds. The van der Waals surface area contributed by atoms with Crippen molar-refractivity contribution in [2.75, 3.05) is 27.2 Å². The third-order valence-corrected chi connectivity index (χ3v) is 10.2. The second-order valence-electron chi connectivity index (χ2n) is 8.07. The van der Waals surface area contributed by atoms with Crippen LogP contribution in [0.15, 0.2) is 24.3 Å². The fourth-order valence-corrected chi connectivity index (χ4v) is 6.39. The molecule has 0 aliphatic rings. The van der Waals surface area contributed by atoms with E-state index in [2.05, 4.69) is 45.0 Å². The molecule has 9 nitrogen and oxygen atoms in total.